The maximum Gasteiger partial charge on any atom is 0.00508 e. The Labute approximate surface area is 83.5 Å². The zero-order valence-electron chi connectivity index (χ0n) is 9.88. The normalized spacial score (nSPS) is 16.6. The highest BCUT2D eigenvalue weighted by Crippen LogP contribution is 2.11. The summed E-state index contributed by atoms with van der Waals surface area (Å²) in [5, 5.41) is 0. The molecule has 2 atom stereocenters. The number of hydrogen-bond acceptors (Lipinski definition) is 2. The first-order valence-electron chi connectivity index (χ1n) is 5.52. The molecule has 80 valence electrons. The number of nitrogens with zero attached hydrogens (tertiary/aromatic N) is 1. The number of nitrogens with two attached hydrogens (primary N) is 1. The predicted octanol–water partition coefficient (Wildman–Crippen LogP) is 2.09. The van der Waals surface area contributed by atoms with Crippen LogP contribution in [0.2, 0.25) is 0 Å². The van der Waals surface area contributed by atoms with Gasteiger partial charge >= 0.3 is 0 Å². The van der Waals surface area contributed by atoms with E-state index in [0.29, 0.717) is 18.0 Å². The third kappa shape index (κ3) is 4.63. The lowest BCUT2D eigenvalue weighted by Crippen LogP contribution is -2.40. The highest BCUT2D eigenvalue weighted by Gasteiger charge is 2.16. The first-order valence-corrected chi connectivity index (χ1v) is 5.52. The minimum Gasteiger partial charge on any atom is -0.328 e. The van der Waals surface area contributed by atoms with E-state index in [1.807, 2.05) is 0 Å². The molecule has 0 saturated heterocycles. The molecule has 2 N–H and O–H groups in total. The summed E-state index contributed by atoms with van der Waals surface area (Å²) in [6.07, 6.45) is 1.18. The first-order chi connectivity index (χ1) is 6.02. The van der Waals surface area contributed by atoms with Crippen LogP contribution in [0.3, 0.4) is 0 Å². The zero-order chi connectivity index (χ0) is 10.4. The van der Waals surface area contributed by atoms with E-state index in [9.17, 15) is 0 Å². The minimum atomic E-state index is 0.317. The van der Waals surface area contributed by atoms with Gasteiger partial charge in [0, 0.05) is 18.6 Å². The lowest BCUT2D eigenvalue weighted by Gasteiger charge is -2.30. The van der Waals surface area contributed by atoms with Gasteiger partial charge in [-0.2, -0.15) is 0 Å². The molecule has 0 amide bonds. The molecular formula is C11H26N2. The summed E-state index contributed by atoms with van der Waals surface area (Å²) in [4.78, 5) is 2.48. The molecule has 0 aromatic rings. The molecule has 0 aliphatic heterocycles. The van der Waals surface area contributed by atoms with E-state index in [-0.39, 0.29) is 0 Å². The number of hydrogen-bond donors (Lipinski definition) is 1. The van der Waals surface area contributed by atoms with Crippen LogP contribution in [-0.4, -0.2) is 30.1 Å². The van der Waals surface area contributed by atoms with Crippen LogP contribution in [0.5, 0.6) is 0 Å². The minimum absolute atomic E-state index is 0.317. The van der Waals surface area contributed by atoms with Crippen LogP contribution >= 0.6 is 0 Å². The molecule has 2 heteroatoms. The van der Waals surface area contributed by atoms with Crippen molar-refractivity contribution in [3.8, 4) is 0 Å². The predicted molar refractivity (Wildman–Crippen MR) is 59.8 cm³/mol. The van der Waals surface area contributed by atoms with E-state index in [0.717, 1.165) is 13.1 Å². The average Bonchev–Trinajstić information content (AvgIpc) is 2.05. The van der Waals surface area contributed by atoms with E-state index in [4.69, 9.17) is 5.73 Å². The monoisotopic (exact) mass is 186 g/mol. The summed E-state index contributed by atoms with van der Waals surface area (Å²) in [5.41, 5.74) is 5.92. The van der Waals surface area contributed by atoms with Gasteiger partial charge in [-0.1, -0.05) is 20.3 Å². The van der Waals surface area contributed by atoms with Gasteiger partial charge in [-0.15, -0.1) is 0 Å². The highest BCUT2D eigenvalue weighted by atomic mass is 15.1. The molecule has 0 rings (SSSR count). The molecule has 0 aromatic heterocycles. The van der Waals surface area contributed by atoms with Gasteiger partial charge in [0.1, 0.15) is 0 Å². The maximum atomic E-state index is 5.92. The van der Waals surface area contributed by atoms with Crippen molar-refractivity contribution < 1.29 is 0 Å². The van der Waals surface area contributed by atoms with Crippen molar-refractivity contribution in [3.05, 3.63) is 0 Å². The molecule has 0 radical (unpaired) electrons. The van der Waals surface area contributed by atoms with E-state index >= 15 is 0 Å². The Balaban J connectivity index is 4.03. The van der Waals surface area contributed by atoms with E-state index in [1.54, 1.807) is 0 Å². The van der Waals surface area contributed by atoms with Crippen LogP contribution in [0, 0.1) is 5.92 Å². The Bertz CT molecular complexity index is 107. The standard InChI is InChI=1S/C11H26N2/c1-6-11(10(5)12)8-13(7-2)9(3)4/h9-11H,6-8,12H2,1-5H3. The van der Waals surface area contributed by atoms with Gasteiger partial charge in [-0.25, -0.2) is 0 Å². The third-order valence-corrected chi connectivity index (χ3v) is 2.87. The second kappa shape index (κ2) is 6.39. The van der Waals surface area contributed by atoms with Crippen molar-refractivity contribution in [3.63, 3.8) is 0 Å². The van der Waals surface area contributed by atoms with E-state index < -0.39 is 0 Å². The van der Waals surface area contributed by atoms with Gasteiger partial charge in [-0.3, -0.25) is 0 Å². The van der Waals surface area contributed by atoms with Gasteiger partial charge in [0.2, 0.25) is 0 Å². The van der Waals surface area contributed by atoms with Gasteiger partial charge in [0.25, 0.3) is 0 Å². The molecule has 0 saturated carbocycles. The third-order valence-electron chi connectivity index (χ3n) is 2.87. The van der Waals surface area contributed by atoms with Crippen LogP contribution in [0.15, 0.2) is 0 Å². The van der Waals surface area contributed by atoms with Crippen LogP contribution in [0.1, 0.15) is 41.0 Å². The molecule has 0 spiro atoms. The molecule has 0 aliphatic carbocycles. The molecule has 0 aliphatic rings. The smallest absolute Gasteiger partial charge is 0.00508 e. The first kappa shape index (κ1) is 12.9. The molecular weight excluding hydrogens is 160 g/mol. The van der Waals surface area contributed by atoms with Crippen molar-refractivity contribution >= 4 is 0 Å². The average molecular weight is 186 g/mol. The summed E-state index contributed by atoms with van der Waals surface area (Å²) < 4.78 is 0. The second-order valence-electron chi connectivity index (χ2n) is 4.21. The largest absolute Gasteiger partial charge is 0.328 e. The Morgan fingerprint density at radius 3 is 1.92 bits per heavy atom. The SMILES string of the molecule is CCC(CN(CC)C(C)C)C(C)N. The Morgan fingerprint density at radius 2 is 1.69 bits per heavy atom. The van der Waals surface area contributed by atoms with Crippen LogP contribution in [0.4, 0.5) is 0 Å². The Kier molecular flexibility index (Phi) is 6.35. The summed E-state index contributed by atoms with van der Waals surface area (Å²) >= 11 is 0. The second-order valence-corrected chi connectivity index (χ2v) is 4.21. The molecule has 13 heavy (non-hydrogen) atoms. The quantitative estimate of drug-likeness (QED) is 0.688. The molecule has 2 unspecified atom stereocenters. The van der Waals surface area contributed by atoms with Gasteiger partial charge in [0.05, 0.1) is 0 Å². The summed E-state index contributed by atoms with van der Waals surface area (Å²) in [6.45, 7) is 13.3. The van der Waals surface area contributed by atoms with Gasteiger partial charge in [0.15, 0.2) is 0 Å². The van der Waals surface area contributed by atoms with Gasteiger partial charge in [-0.05, 0) is 33.2 Å². The topological polar surface area (TPSA) is 29.3 Å². The summed E-state index contributed by atoms with van der Waals surface area (Å²) in [5.74, 6) is 0.641. The summed E-state index contributed by atoms with van der Waals surface area (Å²) in [6, 6.07) is 0.954. The van der Waals surface area contributed by atoms with Crippen molar-refractivity contribution in [2.75, 3.05) is 13.1 Å². The molecule has 2 nitrogen and oxygen atoms in total. The van der Waals surface area contributed by atoms with E-state index in [2.05, 4.69) is 39.5 Å². The maximum absolute atomic E-state index is 5.92. The van der Waals surface area contributed by atoms with Crippen LogP contribution in [-0.2, 0) is 0 Å². The highest BCUT2D eigenvalue weighted by molar-refractivity contribution is 4.73. The fourth-order valence-corrected chi connectivity index (χ4v) is 1.67. The molecule has 0 aromatic carbocycles. The lowest BCUT2D eigenvalue weighted by molar-refractivity contribution is 0.183. The molecule has 0 heterocycles. The van der Waals surface area contributed by atoms with Gasteiger partial charge < -0.3 is 10.6 Å². The molecule has 0 bridgehead atoms. The fraction of sp³-hybridized carbons (Fsp3) is 1.00. The van der Waals surface area contributed by atoms with Crippen molar-refractivity contribution in [2.24, 2.45) is 11.7 Å². The number of rotatable bonds is 6. The van der Waals surface area contributed by atoms with Crippen LogP contribution in [0.25, 0.3) is 0 Å². The lowest BCUT2D eigenvalue weighted by atomic mass is 9.98. The van der Waals surface area contributed by atoms with Crippen LogP contribution < -0.4 is 5.73 Å². The van der Waals surface area contributed by atoms with Crippen molar-refractivity contribution in [1.82, 2.24) is 4.90 Å². The summed E-state index contributed by atoms with van der Waals surface area (Å²) in [7, 11) is 0. The zero-order valence-corrected chi connectivity index (χ0v) is 9.88. The van der Waals surface area contributed by atoms with Crippen molar-refractivity contribution in [2.45, 2.75) is 53.1 Å². The fourth-order valence-electron chi connectivity index (χ4n) is 1.67. The Hall–Kier alpha value is -0.0800. The molecule has 0 fully saturated rings. The Morgan fingerprint density at radius 1 is 1.15 bits per heavy atom. The van der Waals surface area contributed by atoms with Crippen molar-refractivity contribution in [1.29, 1.82) is 0 Å². The van der Waals surface area contributed by atoms with E-state index in [1.165, 1.54) is 6.42 Å².